The Morgan fingerprint density at radius 1 is 1.27 bits per heavy atom. The summed E-state index contributed by atoms with van der Waals surface area (Å²) in [5, 5.41) is 3.03. The van der Waals surface area contributed by atoms with Gasteiger partial charge in [-0.1, -0.05) is 24.1 Å². The van der Waals surface area contributed by atoms with Crippen molar-refractivity contribution in [2.75, 3.05) is 13.6 Å². The Bertz CT molecular complexity index is 337. The van der Waals surface area contributed by atoms with E-state index in [9.17, 15) is 4.79 Å². The molecule has 15 heavy (non-hydrogen) atoms. The zero-order valence-electron chi connectivity index (χ0n) is 9.92. The Morgan fingerprint density at radius 3 is 2.27 bits per heavy atom. The van der Waals surface area contributed by atoms with Gasteiger partial charge in [-0.15, -0.1) is 0 Å². The molecule has 82 valence electrons. The summed E-state index contributed by atoms with van der Waals surface area (Å²) in [5.74, 6) is 0.257. The number of hydrogen-bond donors (Lipinski definition) is 1. The number of ketones is 1. The van der Waals surface area contributed by atoms with Crippen molar-refractivity contribution in [2.45, 2.75) is 20.8 Å². The van der Waals surface area contributed by atoms with Crippen LogP contribution in [0, 0.1) is 19.8 Å². The van der Waals surface area contributed by atoms with Crippen molar-refractivity contribution < 1.29 is 4.79 Å². The van der Waals surface area contributed by atoms with Crippen LogP contribution in [0.3, 0.4) is 0 Å². The molecule has 0 aliphatic heterocycles. The fourth-order valence-corrected chi connectivity index (χ4v) is 1.80. The molecule has 0 saturated heterocycles. The van der Waals surface area contributed by atoms with Crippen LogP contribution >= 0.6 is 0 Å². The largest absolute Gasteiger partial charge is 0.319 e. The van der Waals surface area contributed by atoms with Crippen LogP contribution in [0.2, 0.25) is 0 Å². The summed E-state index contributed by atoms with van der Waals surface area (Å²) in [6, 6.07) is 6.00. The van der Waals surface area contributed by atoms with Gasteiger partial charge in [-0.25, -0.2) is 0 Å². The van der Waals surface area contributed by atoms with Crippen molar-refractivity contribution in [3.8, 4) is 0 Å². The van der Waals surface area contributed by atoms with Gasteiger partial charge >= 0.3 is 0 Å². The molecule has 0 fully saturated rings. The highest BCUT2D eigenvalue weighted by Crippen LogP contribution is 2.13. The number of nitrogens with one attached hydrogen (secondary N) is 1. The highest BCUT2D eigenvalue weighted by atomic mass is 16.1. The lowest BCUT2D eigenvalue weighted by molar-refractivity contribution is 0.0930. The van der Waals surface area contributed by atoms with E-state index in [-0.39, 0.29) is 11.7 Å². The van der Waals surface area contributed by atoms with Gasteiger partial charge in [0.1, 0.15) is 0 Å². The molecule has 2 heteroatoms. The van der Waals surface area contributed by atoms with Gasteiger partial charge in [-0.05, 0) is 33.0 Å². The third kappa shape index (κ3) is 3.17. The van der Waals surface area contributed by atoms with Crippen molar-refractivity contribution in [1.29, 1.82) is 0 Å². The Kier molecular flexibility index (Phi) is 4.04. The van der Waals surface area contributed by atoms with Crippen molar-refractivity contribution in [3.05, 3.63) is 34.9 Å². The van der Waals surface area contributed by atoms with Crippen LogP contribution in [0.4, 0.5) is 0 Å². The second-order valence-corrected chi connectivity index (χ2v) is 4.20. The SMILES string of the molecule is CNCC(C)C(=O)c1cc(C)cc(C)c1. The third-order valence-corrected chi connectivity index (χ3v) is 2.46. The van der Waals surface area contributed by atoms with E-state index in [1.54, 1.807) is 0 Å². The van der Waals surface area contributed by atoms with Gasteiger partial charge in [-0.2, -0.15) is 0 Å². The predicted molar refractivity (Wildman–Crippen MR) is 63.3 cm³/mol. The molecule has 0 bridgehead atoms. The summed E-state index contributed by atoms with van der Waals surface area (Å²) in [6.45, 7) is 6.72. The van der Waals surface area contributed by atoms with Gasteiger partial charge in [0.15, 0.2) is 5.78 Å². The van der Waals surface area contributed by atoms with E-state index in [4.69, 9.17) is 0 Å². The average molecular weight is 205 g/mol. The van der Waals surface area contributed by atoms with Crippen LogP contribution in [0.15, 0.2) is 18.2 Å². The van der Waals surface area contributed by atoms with Crippen LogP contribution in [0.5, 0.6) is 0 Å². The Hall–Kier alpha value is -1.15. The average Bonchev–Trinajstić information content (AvgIpc) is 2.15. The first-order valence-corrected chi connectivity index (χ1v) is 5.31. The van der Waals surface area contributed by atoms with Gasteiger partial charge in [0.05, 0.1) is 0 Å². The molecular weight excluding hydrogens is 186 g/mol. The summed E-state index contributed by atoms with van der Waals surface area (Å²) in [4.78, 5) is 12.0. The minimum absolute atomic E-state index is 0.0381. The fourth-order valence-electron chi connectivity index (χ4n) is 1.80. The monoisotopic (exact) mass is 205 g/mol. The van der Waals surface area contributed by atoms with Gasteiger partial charge in [0.2, 0.25) is 0 Å². The molecule has 0 aromatic heterocycles. The first kappa shape index (κ1) is 11.9. The molecule has 0 spiro atoms. The van der Waals surface area contributed by atoms with E-state index in [0.29, 0.717) is 0 Å². The Morgan fingerprint density at radius 2 is 1.80 bits per heavy atom. The molecule has 1 atom stereocenters. The van der Waals surface area contributed by atoms with E-state index in [1.807, 2.05) is 40.0 Å². The zero-order valence-corrected chi connectivity index (χ0v) is 9.92. The minimum atomic E-state index is 0.0381. The highest BCUT2D eigenvalue weighted by molar-refractivity contribution is 5.98. The number of hydrogen-bond acceptors (Lipinski definition) is 2. The Balaban J connectivity index is 2.90. The number of benzene rings is 1. The Labute approximate surface area is 91.7 Å². The maximum Gasteiger partial charge on any atom is 0.166 e. The quantitative estimate of drug-likeness (QED) is 0.764. The molecule has 1 aromatic carbocycles. The number of carbonyl (C=O) groups is 1. The highest BCUT2D eigenvalue weighted by Gasteiger charge is 2.14. The lowest BCUT2D eigenvalue weighted by atomic mass is 9.96. The second-order valence-electron chi connectivity index (χ2n) is 4.20. The molecule has 1 rings (SSSR count). The van der Waals surface area contributed by atoms with Gasteiger partial charge < -0.3 is 5.32 Å². The first-order valence-electron chi connectivity index (χ1n) is 5.31. The van der Waals surface area contributed by atoms with Crippen LogP contribution in [0.25, 0.3) is 0 Å². The molecule has 2 nitrogen and oxygen atoms in total. The minimum Gasteiger partial charge on any atom is -0.319 e. The summed E-state index contributed by atoms with van der Waals surface area (Å²) >= 11 is 0. The predicted octanol–water partition coefficient (Wildman–Crippen LogP) is 2.34. The molecule has 0 aliphatic carbocycles. The third-order valence-electron chi connectivity index (χ3n) is 2.46. The molecular formula is C13H19NO. The van der Waals surface area contributed by atoms with E-state index in [2.05, 4.69) is 11.4 Å². The topological polar surface area (TPSA) is 29.1 Å². The van der Waals surface area contributed by atoms with E-state index in [0.717, 1.165) is 23.2 Å². The maximum absolute atomic E-state index is 12.0. The van der Waals surface area contributed by atoms with Crippen LogP contribution in [-0.2, 0) is 0 Å². The molecule has 1 aromatic rings. The summed E-state index contributed by atoms with van der Waals surface area (Å²) < 4.78 is 0. The fraction of sp³-hybridized carbons (Fsp3) is 0.462. The molecule has 0 heterocycles. The van der Waals surface area contributed by atoms with Crippen molar-refractivity contribution in [1.82, 2.24) is 5.32 Å². The molecule has 0 amide bonds. The maximum atomic E-state index is 12.0. The number of rotatable bonds is 4. The van der Waals surface area contributed by atoms with Crippen molar-refractivity contribution >= 4 is 5.78 Å². The summed E-state index contributed by atoms with van der Waals surface area (Å²) in [5.41, 5.74) is 3.13. The smallest absolute Gasteiger partial charge is 0.166 e. The molecule has 0 saturated carbocycles. The number of Topliss-reactive ketones (excluding diaryl/α,β-unsaturated/α-hetero) is 1. The summed E-state index contributed by atoms with van der Waals surface area (Å²) in [7, 11) is 1.87. The lowest BCUT2D eigenvalue weighted by Crippen LogP contribution is -2.23. The molecule has 0 aliphatic rings. The lowest BCUT2D eigenvalue weighted by Gasteiger charge is -2.10. The number of carbonyl (C=O) groups excluding carboxylic acids is 1. The normalized spacial score (nSPS) is 12.5. The molecule has 0 radical (unpaired) electrons. The van der Waals surface area contributed by atoms with E-state index >= 15 is 0 Å². The van der Waals surface area contributed by atoms with Gasteiger partial charge in [0.25, 0.3) is 0 Å². The van der Waals surface area contributed by atoms with Crippen molar-refractivity contribution in [3.63, 3.8) is 0 Å². The first-order chi connectivity index (χ1) is 7.04. The van der Waals surface area contributed by atoms with E-state index < -0.39 is 0 Å². The van der Waals surface area contributed by atoms with Crippen molar-refractivity contribution in [2.24, 2.45) is 5.92 Å². The standard InChI is InChI=1S/C13H19NO/c1-9-5-10(2)7-12(6-9)13(15)11(3)8-14-4/h5-7,11,14H,8H2,1-4H3. The molecule has 1 N–H and O–H groups in total. The van der Waals surface area contributed by atoms with Crippen LogP contribution in [0.1, 0.15) is 28.4 Å². The van der Waals surface area contributed by atoms with Gasteiger partial charge in [0, 0.05) is 18.0 Å². The summed E-state index contributed by atoms with van der Waals surface area (Å²) in [6.07, 6.45) is 0. The van der Waals surface area contributed by atoms with Gasteiger partial charge in [-0.3, -0.25) is 4.79 Å². The van der Waals surface area contributed by atoms with Crippen LogP contribution < -0.4 is 5.32 Å². The van der Waals surface area contributed by atoms with E-state index in [1.165, 1.54) is 0 Å². The van der Waals surface area contributed by atoms with Crippen LogP contribution in [-0.4, -0.2) is 19.4 Å². The second kappa shape index (κ2) is 5.08. The zero-order chi connectivity index (χ0) is 11.4. The molecule has 1 unspecified atom stereocenters. The number of aryl methyl sites for hydroxylation is 2.